The van der Waals surface area contributed by atoms with Crippen LogP contribution in [0.5, 0.6) is 0 Å². The van der Waals surface area contributed by atoms with E-state index < -0.39 is 11.6 Å². The predicted molar refractivity (Wildman–Crippen MR) is 113 cm³/mol. The highest BCUT2D eigenvalue weighted by atomic mass is 16.6. The van der Waals surface area contributed by atoms with Crippen molar-refractivity contribution in [2.24, 2.45) is 0 Å². The topological polar surface area (TPSA) is 84.9 Å². The number of anilines is 1. The van der Waals surface area contributed by atoms with Crippen LogP contribution < -0.4 is 4.90 Å². The Bertz CT molecular complexity index is 957. The molecular weight excluding hydrogens is 384 g/mol. The predicted octanol–water partition coefficient (Wildman–Crippen LogP) is 3.39. The molecule has 0 N–H and O–H groups in total. The molecule has 0 aliphatic carbocycles. The Morgan fingerprint density at radius 2 is 1.90 bits per heavy atom. The molecule has 4 heterocycles. The molecule has 2 aromatic heterocycles. The maximum atomic E-state index is 12.8. The van der Waals surface area contributed by atoms with Gasteiger partial charge < -0.3 is 14.4 Å². The van der Waals surface area contributed by atoms with Crippen molar-refractivity contribution in [3.63, 3.8) is 0 Å². The lowest BCUT2D eigenvalue weighted by atomic mass is 10.1. The van der Waals surface area contributed by atoms with Crippen molar-refractivity contribution in [2.45, 2.75) is 58.2 Å². The second kappa shape index (κ2) is 7.74. The molecule has 8 heteroatoms. The summed E-state index contributed by atoms with van der Waals surface area (Å²) in [5, 5.41) is 0.933. The van der Waals surface area contributed by atoms with Gasteiger partial charge >= 0.3 is 12.1 Å². The van der Waals surface area contributed by atoms with E-state index in [1.54, 1.807) is 25.4 Å². The third-order valence-corrected chi connectivity index (χ3v) is 5.50. The molecule has 1 amide bonds. The zero-order chi connectivity index (χ0) is 21.5. The molecule has 0 radical (unpaired) electrons. The average Bonchev–Trinajstić information content (AvgIpc) is 2.96. The number of hydrogen-bond donors (Lipinski definition) is 0. The van der Waals surface area contributed by atoms with Crippen LogP contribution >= 0.6 is 0 Å². The third-order valence-electron chi connectivity index (χ3n) is 5.50. The Morgan fingerprint density at radius 1 is 1.20 bits per heavy atom. The van der Waals surface area contributed by atoms with Crippen LogP contribution in [0.4, 0.5) is 10.5 Å². The minimum absolute atomic E-state index is 0.0784. The standard InChI is InChI=1S/C22H28N4O4/c1-5-29-20(27)17-10-19(16-8-9-23-11-18(16)24-17)25-12-14-6-7-15(13-25)26(14)21(28)30-22(2,3)4/h8-11,14-15H,5-7,12-13H2,1-4H3. The van der Waals surface area contributed by atoms with Crippen LogP contribution in [-0.2, 0) is 9.47 Å². The minimum Gasteiger partial charge on any atom is -0.461 e. The van der Waals surface area contributed by atoms with Crippen LogP contribution in [0, 0.1) is 0 Å². The van der Waals surface area contributed by atoms with Gasteiger partial charge in [-0.05, 0) is 52.7 Å². The molecule has 0 spiro atoms. The third kappa shape index (κ3) is 3.91. The first kappa shape index (κ1) is 20.4. The number of ether oxygens (including phenoxy) is 2. The zero-order valence-corrected chi connectivity index (χ0v) is 17.9. The first-order valence-electron chi connectivity index (χ1n) is 10.4. The highest BCUT2D eigenvalue weighted by Crippen LogP contribution is 2.36. The van der Waals surface area contributed by atoms with Crippen LogP contribution in [0.1, 0.15) is 51.0 Å². The van der Waals surface area contributed by atoms with Crippen LogP contribution in [0.3, 0.4) is 0 Å². The molecule has 2 atom stereocenters. The molecule has 0 aromatic carbocycles. The number of pyridine rings is 2. The molecule has 2 aliphatic rings. The molecule has 160 valence electrons. The number of rotatable bonds is 3. The van der Waals surface area contributed by atoms with Crippen molar-refractivity contribution >= 4 is 28.7 Å². The van der Waals surface area contributed by atoms with Gasteiger partial charge in [0.2, 0.25) is 0 Å². The first-order valence-corrected chi connectivity index (χ1v) is 10.4. The lowest BCUT2D eigenvalue weighted by molar-refractivity contribution is 0.0123. The molecule has 2 unspecified atom stereocenters. The molecule has 8 nitrogen and oxygen atoms in total. The summed E-state index contributed by atoms with van der Waals surface area (Å²) in [6, 6.07) is 3.86. The molecule has 4 rings (SSSR count). The monoisotopic (exact) mass is 412 g/mol. The summed E-state index contributed by atoms with van der Waals surface area (Å²) in [7, 11) is 0. The summed E-state index contributed by atoms with van der Waals surface area (Å²) in [5.74, 6) is -0.445. The van der Waals surface area contributed by atoms with Crippen molar-refractivity contribution in [3.05, 3.63) is 30.2 Å². The molecule has 30 heavy (non-hydrogen) atoms. The summed E-state index contributed by atoms with van der Waals surface area (Å²) in [5.41, 5.74) is 1.33. The minimum atomic E-state index is -0.517. The smallest absolute Gasteiger partial charge is 0.410 e. The van der Waals surface area contributed by atoms with Gasteiger partial charge in [0.25, 0.3) is 0 Å². The van der Waals surface area contributed by atoms with Crippen LogP contribution in [0.15, 0.2) is 24.5 Å². The molecule has 2 bridgehead atoms. The molecule has 2 fully saturated rings. The molecular formula is C22H28N4O4. The largest absolute Gasteiger partial charge is 0.461 e. The van der Waals surface area contributed by atoms with Crippen LogP contribution in [-0.4, -0.2) is 64.3 Å². The Balaban J connectivity index is 1.64. The van der Waals surface area contributed by atoms with Gasteiger partial charge in [-0.25, -0.2) is 14.6 Å². The zero-order valence-electron chi connectivity index (χ0n) is 17.9. The number of hydrogen-bond acceptors (Lipinski definition) is 7. The second-order valence-electron chi connectivity index (χ2n) is 8.82. The van der Waals surface area contributed by atoms with Gasteiger partial charge in [0, 0.05) is 30.4 Å². The van der Waals surface area contributed by atoms with Crippen molar-refractivity contribution in [3.8, 4) is 0 Å². The number of fused-ring (bicyclic) bond motifs is 3. The number of carbonyl (C=O) groups excluding carboxylic acids is 2. The first-order chi connectivity index (χ1) is 14.3. The molecule has 0 saturated carbocycles. The Kier molecular flexibility index (Phi) is 5.26. The Morgan fingerprint density at radius 3 is 2.53 bits per heavy atom. The van der Waals surface area contributed by atoms with E-state index in [1.807, 2.05) is 31.7 Å². The van der Waals surface area contributed by atoms with Gasteiger partial charge in [-0.2, -0.15) is 0 Å². The van der Waals surface area contributed by atoms with E-state index in [2.05, 4.69) is 14.9 Å². The van der Waals surface area contributed by atoms with Gasteiger partial charge in [-0.15, -0.1) is 0 Å². The summed E-state index contributed by atoms with van der Waals surface area (Å²) in [6.45, 7) is 9.08. The number of amides is 1. The van der Waals surface area contributed by atoms with Gasteiger partial charge in [-0.1, -0.05) is 0 Å². The summed E-state index contributed by atoms with van der Waals surface area (Å²) < 4.78 is 10.8. The summed E-state index contributed by atoms with van der Waals surface area (Å²) >= 11 is 0. The SMILES string of the molecule is CCOC(=O)c1cc(N2CC3CCC(C2)N3C(=O)OC(C)(C)C)c2ccncc2n1. The van der Waals surface area contributed by atoms with Gasteiger partial charge in [0.15, 0.2) is 5.69 Å². The van der Waals surface area contributed by atoms with Gasteiger partial charge in [0.05, 0.1) is 30.4 Å². The number of aromatic nitrogens is 2. The van der Waals surface area contributed by atoms with E-state index in [4.69, 9.17) is 9.47 Å². The van der Waals surface area contributed by atoms with Crippen molar-refractivity contribution in [1.82, 2.24) is 14.9 Å². The Hall–Kier alpha value is -2.90. The fraction of sp³-hybridized carbons (Fsp3) is 0.545. The summed E-state index contributed by atoms with van der Waals surface area (Å²) in [4.78, 5) is 37.8. The summed E-state index contributed by atoms with van der Waals surface area (Å²) in [6.07, 6.45) is 5.02. The van der Waals surface area contributed by atoms with E-state index in [-0.39, 0.29) is 23.9 Å². The Labute approximate surface area is 176 Å². The lowest BCUT2D eigenvalue weighted by Crippen LogP contribution is -2.56. The van der Waals surface area contributed by atoms with Crippen LogP contribution in [0.25, 0.3) is 10.9 Å². The van der Waals surface area contributed by atoms with E-state index in [9.17, 15) is 9.59 Å². The quantitative estimate of drug-likeness (QED) is 0.714. The number of carbonyl (C=O) groups is 2. The molecule has 2 saturated heterocycles. The second-order valence-corrected chi connectivity index (χ2v) is 8.82. The number of esters is 1. The number of piperazine rings is 1. The van der Waals surface area contributed by atoms with Gasteiger partial charge in [-0.3, -0.25) is 9.88 Å². The van der Waals surface area contributed by atoms with E-state index in [0.717, 1.165) is 23.9 Å². The highest BCUT2D eigenvalue weighted by molar-refractivity contribution is 5.97. The maximum absolute atomic E-state index is 12.8. The highest BCUT2D eigenvalue weighted by Gasteiger charge is 2.44. The fourth-order valence-electron chi connectivity index (χ4n) is 4.34. The van der Waals surface area contributed by atoms with Crippen molar-refractivity contribution < 1.29 is 19.1 Å². The van der Waals surface area contributed by atoms with E-state index in [1.165, 1.54) is 0 Å². The maximum Gasteiger partial charge on any atom is 0.410 e. The fourth-order valence-corrected chi connectivity index (χ4v) is 4.34. The number of nitrogens with zero attached hydrogens (tertiary/aromatic N) is 4. The van der Waals surface area contributed by atoms with Crippen molar-refractivity contribution in [2.75, 3.05) is 24.6 Å². The molecule has 2 aliphatic heterocycles. The van der Waals surface area contributed by atoms with Gasteiger partial charge in [0.1, 0.15) is 5.60 Å². The molecule has 2 aromatic rings. The van der Waals surface area contributed by atoms with Crippen molar-refractivity contribution in [1.29, 1.82) is 0 Å². The average molecular weight is 412 g/mol. The normalized spacial score (nSPS) is 21.1. The van der Waals surface area contributed by atoms with E-state index in [0.29, 0.717) is 25.2 Å². The van der Waals surface area contributed by atoms with E-state index >= 15 is 0 Å². The van der Waals surface area contributed by atoms with Crippen LogP contribution in [0.2, 0.25) is 0 Å². The lowest BCUT2D eigenvalue weighted by Gasteiger charge is -2.42.